The van der Waals surface area contributed by atoms with Crippen molar-refractivity contribution in [3.05, 3.63) is 0 Å². The van der Waals surface area contributed by atoms with Gasteiger partial charge in [0.1, 0.15) is 0 Å². The van der Waals surface area contributed by atoms with Crippen LogP contribution in [0, 0.1) is 16.7 Å². The third kappa shape index (κ3) is 6.58. The van der Waals surface area contributed by atoms with Gasteiger partial charge in [-0.15, -0.1) is 0 Å². The van der Waals surface area contributed by atoms with Crippen LogP contribution < -0.4 is 0 Å². The van der Waals surface area contributed by atoms with E-state index in [1.54, 1.807) is 6.92 Å². The van der Waals surface area contributed by atoms with Crippen molar-refractivity contribution in [2.45, 2.75) is 78.1 Å². The van der Waals surface area contributed by atoms with Crippen LogP contribution in [0.3, 0.4) is 0 Å². The molecule has 0 saturated heterocycles. The second kappa shape index (κ2) is 7.49. The van der Waals surface area contributed by atoms with Crippen LogP contribution in [0.2, 0.25) is 0 Å². The van der Waals surface area contributed by atoms with Gasteiger partial charge in [0, 0.05) is 6.42 Å². The average Bonchev–Trinajstić information content (AvgIpc) is 2.37. The first kappa shape index (κ1) is 16.0. The maximum atomic E-state index is 11.6. The minimum atomic E-state index is -0.485. The molecular weight excluding hydrogens is 242 g/mol. The summed E-state index contributed by atoms with van der Waals surface area (Å²) in [5.41, 5.74) is -0.480. The minimum Gasteiger partial charge on any atom is -0.436 e. The lowest BCUT2D eigenvalue weighted by atomic mass is 9.90. The Morgan fingerprint density at radius 2 is 2.00 bits per heavy atom. The Morgan fingerprint density at radius 1 is 1.37 bits per heavy atom. The Labute approximate surface area is 116 Å². The summed E-state index contributed by atoms with van der Waals surface area (Å²) in [6.45, 7) is 5.41. The molecule has 1 aliphatic rings. The van der Waals surface area contributed by atoms with Crippen LogP contribution in [0.5, 0.6) is 0 Å². The maximum Gasteiger partial charge on any atom is 0.308 e. The van der Waals surface area contributed by atoms with Crippen molar-refractivity contribution in [1.82, 2.24) is 0 Å². The molecule has 0 bridgehead atoms. The summed E-state index contributed by atoms with van der Waals surface area (Å²) in [5, 5.41) is 8.88. The fraction of sp³-hybridized carbons (Fsp3) is 0.867. The number of carbonyl (C=O) groups excluding carboxylic acids is 1. The molecule has 108 valence electrons. The second-order valence-corrected chi connectivity index (χ2v) is 5.95. The Hall–Kier alpha value is -1.08. The molecule has 0 aliphatic heterocycles. The summed E-state index contributed by atoms with van der Waals surface area (Å²) in [6.07, 6.45) is 6.30. The summed E-state index contributed by atoms with van der Waals surface area (Å²) in [5.74, 6) is -0.286. The van der Waals surface area contributed by atoms with Crippen molar-refractivity contribution in [3.8, 4) is 6.07 Å². The van der Waals surface area contributed by atoms with Gasteiger partial charge in [-0.3, -0.25) is 4.79 Å². The number of carbonyl (C=O) groups is 1. The number of hydrogen-bond acceptors (Lipinski definition) is 4. The first-order valence-corrected chi connectivity index (χ1v) is 7.19. The van der Waals surface area contributed by atoms with Crippen LogP contribution >= 0.6 is 0 Å². The fourth-order valence-electron chi connectivity index (χ4n) is 2.21. The monoisotopic (exact) mass is 267 g/mol. The number of rotatable bonds is 6. The SMILES string of the molecule is CC(OC(=O)CCC(C)(C)C#N)OC1CCCCC1. The third-order valence-electron chi connectivity index (χ3n) is 3.49. The van der Waals surface area contributed by atoms with E-state index in [9.17, 15) is 4.79 Å². The molecule has 0 spiro atoms. The van der Waals surface area contributed by atoms with Gasteiger partial charge >= 0.3 is 5.97 Å². The Bertz CT molecular complexity index is 327. The zero-order chi connectivity index (χ0) is 14.3. The number of nitrogens with zero attached hydrogens (tertiary/aromatic N) is 1. The molecule has 1 atom stereocenters. The molecule has 4 nitrogen and oxygen atoms in total. The Kier molecular flexibility index (Phi) is 6.30. The zero-order valence-corrected chi connectivity index (χ0v) is 12.3. The largest absolute Gasteiger partial charge is 0.436 e. The molecule has 1 saturated carbocycles. The van der Waals surface area contributed by atoms with Crippen molar-refractivity contribution < 1.29 is 14.3 Å². The molecule has 0 N–H and O–H groups in total. The smallest absolute Gasteiger partial charge is 0.308 e. The average molecular weight is 267 g/mol. The van der Waals surface area contributed by atoms with Crippen molar-refractivity contribution >= 4 is 5.97 Å². The van der Waals surface area contributed by atoms with Crippen molar-refractivity contribution in [3.63, 3.8) is 0 Å². The highest BCUT2D eigenvalue weighted by atomic mass is 16.7. The summed E-state index contributed by atoms with van der Waals surface area (Å²) < 4.78 is 10.9. The van der Waals surface area contributed by atoms with E-state index >= 15 is 0 Å². The molecule has 0 aromatic rings. The van der Waals surface area contributed by atoms with E-state index in [1.807, 2.05) is 13.8 Å². The molecule has 1 unspecified atom stereocenters. The molecule has 0 aromatic carbocycles. The predicted octanol–water partition coefficient (Wildman–Crippen LogP) is 3.55. The molecular formula is C15H25NO3. The van der Waals surface area contributed by atoms with E-state index in [0.717, 1.165) is 12.8 Å². The van der Waals surface area contributed by atoms with Crippen molar-refractivity contribution in [2.24, 2.45) is 5.41 Å². The van der Waals surface area contributed by atoms with E-state index in [0.29, 0.717) is 6.42 Å². The van der Waals surface area contributed by atoms with Crippen LogP contribution in [-0.4, -0.2) is 18.4 Å². The lowest BCUT2D eigenvalue weighted by Crippen LogP contribution is -2.26. The van der Waals surface area contributed by atoms with Crippen LogP contribution in [0.1, 0.15) is 65.7 Å². The molecule has 1 aliphatic carbocycles. The quantitative estimate of drug-likeness (QED) is 0.545. The van der Waals surface area contributed by atoms with E-state index in [1.165, 1.54) is 19.3 Å². The van der Waals surface area contributed by atoms with Crippen molar-refractivity contribution in [2.75, 3.05) is 0 Å². The van der Waals surface area contributed by atoms with E-state index in [2.05, 4.69) is 6.07 Å². The number of esters is 1. The number of nitriles is 1. The van der Waals surface area contributed by atoms with Crippen LogP contribution in [0.25, 0.3) is 0 Å². The van der Waals surface area contributed by atoms with Gasteiger partial charge in [0.05, 0.1) is 17.6 Å². The molecule has 0 radical (unpaired) electrons. The van der Waals surface area contributed by atoms with Crippen LogP contribution in [0.15, 0.2) is 0 Å². The third-order valence-corrected chi connectivity index (χ3v) is 3.49. The highest BCUT2D eigenvalue weighted by molar-refractivity contribution is 5.69. The normalized spacial score (nSPS) is 18.6. The van der Waals surface area contributed by atoms with Gasteiger partial charge in [0.15, 0.2) is 6.29 Å². The summed E-state index contributed by atoms with van der Waals surface area (Å²) in [7, 11) is 0. The zero-order valence-electron chi connectivity index (χ0n) is 12.3. The highest BCUT2D eigenvalue weighted by Crippen LogP contribution is 2.23. The highest BCUT2D eigenvalue weighted by Gasteiger charge is 2.21. The van der Waals surface area contributed by atoms with E-state index in [4.69, 9.17) is 14.7 Å². The lowest BCUT2D eigenvalue weighted by molar-refractivity contribution is -0.187. The first-order valence-electron chi connectivity index (χ1n) is 7.19. The molecule has 0 aromatic heterocycles. The van der Waals surface area contributed by atoms with Crippen LogP contribution in [-0.2, 0) is 14.3 Å². The summed E-state index contributed by atoms with van der Waals surface area (Å²) in [4.78, 5) is 11.6. The molecule has 1 fully saturated rings. The molecule has 19 heavy (non-hydrogen) atoms. The number of ether oxygens (including phenoxy) is 2. The van der Waals surface area contributed by atoms with Gasteiger partial charge in [-0.1, -0.05) is 19.3 Å². The van der Waals surface area contributed by atoms with E-state index < -0.39 is 11.7 Å². The van der Waals surface area contributed by atoms with E-state index in [-0.39, 0.29) is 18.5 Å². The van der Waals surface area contributed by atoms with Crippen molar-refractivity contribution in [1.29, 1.82) is 5.26 Å². The standard InChI is InChI=1S/C15H25NO3/c1-12(18-13-7-5-4-6-8-13)19-14(17)9-10-15(2,3)11-16/h12-13H,4-10H2,1-3H3. The molecule has 0 heterocycles. The fourth-order valence-corrected chi connectivity index (χ4v) is 2.21. The minimum absolute atomic E-state index is 0.229. The Balaban J connectivity index is 2.22. The predicted molar refractivity (Wildman–Crippen MR) is 72.1 cm³/mol. The van der Waals surface area contributed by atoms with Crippen LogP contribution in [0.4, 0.5) is 0 Å². The topological polar surface area (TPSA) is 59.3 Å². The van der Waals surface area contributed by atoms with Gasteiger partial charge in [-0.2, -0.15) is 5.26 Å². The second-order valence-electron chi connectivity index (χ2n) is 5.95. The van der Waals surface area contributed by atoms with Gasteiger partial charge < -0.3 is 9.47 Å². The van der Waals surface area contributed by atoms with Gasteiger partial charge in [0.25, 0.3) is 0 Å². The maximum absolute atomic E-state index is 11.6. The summed E-state index contributed by atoms with van der Waals surface area (Å²) in [6, 6.07) is 2.18. The van der Waals surface area contributed by atoms with Gasteiger partial charge in [0.2, 0.25) is 0 Å². The van der Waals surface area contributed by atoms with Gasteiger partial charge in [-0.05, 0) is 40.0 Å². The molecule has 4 heteroatoms. The molecule has 1 rings (SSSR count). The Morgan fingerprint density at radius 3 is 2.58 bits per heavy atom. The number of hydrogen-bond donors (Lipinski definition) is 0. The summed E-state index contributed by atoms with van der Waals surface area (Å²) >= 11 is 0. The van der Waals surface area contributed by atoms with Gasteiger partial charge in [-0.25, -0.2) is 0 Å². The lowest BCUT2D eigenvalue weighted by Gasteiger charge is -2.25. The first-order chi connectivity index (χ1) is 8.93. The molecule has 0 amide bonds.